The van der Waals surface area contributed by atoms with E-state index >= 15 is 0 Å². The summed E-state index contributed by atoms with van der Waals surface area (Å²) in [5.74, 6) is 2.82. The molecule has 1 aliphatic rings. The van der Waals surface area contributed by atoms with Crippen LogP contribution in [0.25, 0.3) is 0 Å². The minimum atomic E-state index is -2.02. The Hall–Kier alpha value is -1.94. The molecule has 1 fully saturated rings. The highest BCUT2D eigenvalue weighted by Gasteiger charge is 2.45. The molecule has 4 atom stereocenters. The first-order chi connectivity index (χ1) is 15.7. The Kier molecular flexibility index (Phi) is 8.92. The summed E-state index contributed by atoms with van der Waals surface area (Å²) in [4.78, 5) is 0. The Morgan fingerprint density at radius 1 is 0.939 bits per heavy atom. The summed E-state index contributed by atoms with van der Waals surface area (Å²) in [6.45, 7) is 12.6. The first kappa shape index (κ1) is 25.7. The van der Waals surface area contributed by atoms with Gasteiger partial charge in [-0.05, 0) is 29.3 Å². The first-order valence-electron chi connectivity index (χ1n) is 11.8. The van der Waals surface area contributed by atoms with Crippen molar-refractivity contribution in [3.8, 4) is 12.3 Å². The fourth-order valence-electron chi connectivity index (χ4n) is 3.65. The van der Waals surface area contributed by atoms with E-state index in [1.54, 1.807) is 0 Å². The van der Waals surface area contributed by atoms with Gasteiger partial charge in [0.2, 0.25) is 0 Å². The van der Waals surface area contributed by atoms with Gasteiger partial charge in [-0.15, -0.1) is 6.42 Å². The second-order valence-corrected chi connectivity index (χ2v) is 15.0. The minimum Gasteiger partial charge on any atom is -0.410 e. The average Bonchev–Trinajstić information content (AvgIpc) is 2.79. The van der Waals surface area contributed by atoms with E-state index in [1.165, 1.54) is 0 Å². The predicted molar refractivity (Wildman–Crippen MR) is 135 cm³/mol. The molecule has 1 heterocycles. The summed E-state index contributed by atoms with van der Waals surface area (Å²) < 4.78 is 25.4. The van der Waals surface area contributed by atoms with E-state index in [1.807, 2.05) is 36.4 Å². The fourth-order valence-corrected chi connectivity index (χ4v) is 4.98. The Morgan fingerprint density at radius 2 is 1.52 bits per heavy atom. The average molecular weight is 467 g/mol. The van der Waals surface area contributed by atoms with Crippen molar-refractivity contribution in [1.82, 2.24) is 0 Å². The van der Waals surface area contributed by atoms with Gasteiger partial charge in [0, 0.05) is 6.42 Å². The van der Waals surface area contributed by atoms with Gasteiger partial charge in [0.05, 0.1) is 32.0 Å². The standard InChI is InChI=1S/C28H38O4Si/c1-7-24-26(32-33(5,6)28(2,3)4)18-25(30-20-23-16-12-9-13-17-23)27(31-24)21-29-19-22-14-10-8-11-15-22/h1,8-17,24-27H,18-21H2,2-6H3/t24-,25-,26+,27+/m1/s1. The highest BCUT2D eigenvalue weighted by Crippen LogP contribution is 2.39. The molecule has 0 amide bonds. The van der Waals surface area contributed by atoms with E-state index in [0.717, 1.165) is 11.1 Å². The van der Waals surface area contributed by atoms with Crippen molar-refractivity contribution in [3.63, 3.8) is 0 Å². The number of terminal acetylenes is 1. The van der Waals surface area contributed by atoms with Crippen LogP contribution in [0.2, 0.25) is 18.1 Å². The quantitative estimate of drug-likeness (QED) is 0.337. The van der Waals surface area contributed by atoms with Crippen LogP contribution < -0.4 is 0 Å². The van der Waals surface area contributed by atoms with Crippen molar-refractivity contribution in [2.75, 3.05) is 6.61 Å². The van der Waals surface area contributed by atoms with Gasteiger partial charge in [-0.2, -0.15) is 0 Å². The molecule has 0 spiro atoms. The molecule has 3 rings (SSSR count). The van der Waals surface area contributed by atoms with Gasteiger partial charge in [0.15, 0.2) is 8.32 Å². The molecule has 2 aromatic rings. The third-order valence-corrected chi connectivity index (χ3v) is 11.2. The molecule has 5 heteroatoms. The minimum absolute atomic E-state index is 0.0855. The Morgan fingerprint density at radius 3 is 2.06 bits per heavy atom. The maximum atomic E-state index is 6.70. The highest BCUT2D eigenvalue weighted by atomic mass is 28.4. The summed E-state index contributed by atoms with van der Waals surface area (Å²) in [5.41, 5.74) is 2.25. The fraction of sp³-hybridized carbons (Fsp3) is 0.500. The van der Waals surface area contributed by atoms with Crippen molar-refractivity contribution in [2.45, 2.75) is 83.0 Å². The van der Waals surface area contributed by atoms with Gasteiger partial charge in [-0.1, -0.05) is 87.4 Å². The smallest absolute Gasteiger partial charge is 0.192 e. The van der Waals surface area contributed by atoms with Crippen molar-refractivity contribution in [1.29, 1.82) is 0 Å². The maximum absolute atomic E-state index is 6.70. The van der Waals surface area contributed by atoms with E-state index in [4.69, 9.17) is 25.1 Å². The highest BCUT2D eigenvalue weighted by molar-refractivity contribution is 6.74. The van der Waals surface area contributed by atoms with Gasteiger partial charge in [0.25, 0.3) is 0 Å². The molecule has 2 aromatic carbocycles. The van der Waals surface area contributed by atoms with Crippen LogP contribution in [0, 0.1) is 12.3 Å². The Labute approximate surface area is 200 Å². The molecule has 1 aliphatic heterocycles. The monoisotopic (exact) mass is 466 g/mol. The first-order valence-corrected chi connectivity index (χ1v) is 14.7. The van der Waals surface area contributed by atoms with Crippen LogP contribution in [0.15, 0.2) is 60.7 Å². The summed E-state index contributed by atoms with van der Waals surface area (Å²) in [7, 11) is -2.02. The second-order valence-electron chi connectivity index (χ2n) is 10.2. The van der Waals surface area contributed by atoms with Gasteiger partial charge in [-0.3, -0.25) is 0 Å². The number of hydrogen-bond donors (Lipinski definition) is 0. The molecule has 0 aromatic heterocycles. The lowest BCUT2D eigenvalue weighted by atomic mass is 9.98. The van der Waals surface area contributed by atoms with E-state index in [9.17, 15) is 0 Å². The Bertz CT molecular complexity index is 886. The van der Waals surface area contributed by atoms with Gasteiger partial charge in [0.1, 0.15) is 12.2 Å². The zero-order chi connectivity index (χ0) is 23.9. The van der Waals surface area contributed by atoms with Gasteiger partial charge < -0.3 is 18.6 Å². The van der Waals surface area contributed by atoms with E-state index in [0.29, 0.717) is 26.2 Å². The third-order valence-electron chi connectivity index (χ3n) is 6.66. The van der Waals surface area contributed by atoms with Crippen molar-refractivity contribution in [2.24, 2.45) is 0 Å². The van der Waals surface area contributed by atoms with Crippen molar-refractivity contribution >= 4 is 8.32 Å². The normalized spacial score (nSPS) is 23.8. The molecule has 0 unspecified atom stereocenters. The molecule has 1 saturated heterocycles. The number of hydrogen-bond acceptors (Lipinski definition) is 4. The Balaban J connectivity index is 1.70. The number of benzene rings is 2. The molecule has 178 valence electrons. The SMILES string of the molecule is C#C[C@H]1O[C@@H](COCc2ccccc2)[C@H](OCc2ccccc2)C[C@@H]1O[Si](C)(C)C(C)(C)C. The zero-order valence-corrected chi connectivity index (χ0v) is 21.6. The van der Waals surface area contributed by atoms with Crippen molar-refractivity contribution < 1.29 is 18.6 Å². The van der Waals surface area contributed by atoms with Crippen LogP contribution in [0.5, 0.6) is 0 Å². The summed E-state index contributed by atoms with van der Waals surface area (Å²) in [5, 5.41) is 0.0855. The van der Waals surface area contributed by atoms with Crippen molar-refractivity contribution in [3.05, 3.63) is 71.8 Å². The van der Waals surface area contributed by atoms with Crippen LogP contribution in [0.1, 0.15) is 38.3 Å². The largest absolute Gasteiger partial charge is 0.410 e. The molecule has 0 bridgehead atoms. The van der Waals surface area contributed by atoms with Crippen LogP contribution in [0.3, 0.4) is 0 Å². The van der Waals surface area contributed by atoms with Crippen LogP contribution >= 0.6 is 0 Å². The second kappa shape index (κ2) is 11.5. The lowest BCUT2D eigenvalue weighted by molar-refractivity contribution is -0.184. The van der Waals surface area contributed by atoms with E-state index < -0.39 is 14.4 Å². The lowest BCUT2D eigenvalue weighted by Crippen LogP contribution is -2.55. The molecular weight excluding hydrogens is 428 g/mol. The molecule has 0 N–H and O–H groups in total. The molecule has 4 nitrogen and oxygen atoms in total. The zero-order valence-electron chi connectivity index (χ0n) is 20.6. The predicted octanol–water partition coefficient (Wildman–Crippen LogP) is 5.97. The maximum Gasteiger partial charge on any atom is 0.192 e. The summed E-state index contributed by atoms with van der Waals surface area (Å²) >= 11 is 0. The lowest BCUT2D eigenvalue weighted by Gasteiger charge is -2.45. The molecule has 33 heavy (non-hydrogen) atoms. The van der Waals surface area contributed by atoms with E-state index in [-0.39, 0.29) is 23.4 Å². The molecule has 0 saturated carbocycles. The van der Waals surface area contributed by atoms with Crippen LogP contribution in [-0.4, -0.2) is 39.3 Å². The van der Waals surface area contributed by atoms with Crippen LogP contribution in [-0.2, 0) is 31.9 Å². The van der Waals surface area contributed by atoms with E-state index in [2.05, 4.69) is 64.1 Å². The topological polar surface area (TPSA) is 36.9 Å². The molecule has 0 aliphatic carbocycles. The molecular formula is C28H38O4Si. The number of rotatable bonds is 9. The van der Waals surface area contributed by atoms with Gasteiger partial charge >= 0.3 is 0 Å². The third kappa shape index (κ3) is 7.27. The number of ether oxygens (including phenoxy) is 3. The summed E-state index contributed by atoms with van der Waals surface area (Å²) in [6.07, 6.45) is 5.55. The molecule has 0 radical (unpaired) electrons. The van der Waals surface area contributed by atoms with Gasteiger partial charge in [-0.25, -0.2) is 0 Å². The summed E-state index contributed by atoms with van der Waals surface area (Å²) in [6, 6.07) is 20.3. The van der Waals surface area contributed by atoms with Crippen LogP contribution in [0.4, 0.5) is 0 Å².